The van der Waals surface area contributed by atoms with Gasteiger partial charge in [0.1, 0.15) is 11.5 Å². The number of halogens is 2. The van der Waals surface area contributed by atoms with Gasteiger partial charge in [0.25, 0.3) is 0 Å². The van der Waals surface area contributed by atoms with Gasteiger partial charge in [-0.2, -0.15) is 5.10 Å². The van der Waals surface area contributed by atoms with Crippen molar-refractivity contribution in [3.05, 3.63) is 87.9 Å². The Kier molecular flexibility index (Phi) is 8.01. The number of benzene rings is 3. The molecule has 0 bridgehead atoms. The minimum absolute atomic E-state index is 0.162. The number of hydrogen-bond acceptors (Lipinski definition) is 6. The fourth-order valence-corrected chi connectivity index (χ4v) is 3.07. The molecule has 33 heavy (non-hydrogen) atoms. The summed E-state index contributed by atoms with van der Waals surface area (Å²) in [6.07, 6.45) is 1.29. The van der Waals surface area contributed by atoms with E-state index in [2.05, 4.69) is 15.8 Å². The molecule has 10 heteroatoms. The second-order valence-electron chi connectivity index (χ2n) is 6.47. The highest BCUT2D eigenvalue weighted by atomic mass is 35.5. The van der Waals surface area contributed by atoms with Gasteiger partial charge in [-0.3, -0.25) is 9.59 Å². The van der Waals surface area contributed by atoms with Crippen molar-refractivity contribution in [2.24, 2.45) is 5.10 Å². The molecule has 8 nitrogen and oxygen atoms in total. The minimum atomic E-state index is -0.964. The number of carbonyl (C=O) groups excluding carboxylic acids is 3. The number of nitrogens with one attached hydrogen (secondary N) is 2. The predicted octanol–water partition coefficient (Wildman–Crippen LogP) is 4.31. The maximum atomic E-state index is 12.3. The highest BCUT2D eigenvalue weighted by Gasteiger charge is 2.14. The van der Waals surface area contributed by atoms with Crippen LogP contribution in [0, 0.1) is 0 Å². The zero-order chi connectivity index (χ0) is 23.8. The molecule has 0 fully saturated rings. The van der Waals surface area contributed by atoms with E-state index in [9.17, 15) is 14.4 Å². The summed E-state index contributed by atoms with van der Waals surface area (Å²) in [4.78, 5) is 36.3. The number of amides is 2. The molecule has 3 aromatic rings. The molecule has 0 aliphatic rings. The summed E-state index contributed by atoms with van der Waals surface area (Å²) < 4.78 is 10.4. The van der Waals surface area contributed by atoms with Crippen molar-refractivity contribution in [2.75, 3.05) is 12.4 Å². The van der Waals surface area contributed by atoms with Crippen LogP contribution in [0.2, 0.25) is 10.0 Å². The lowest BCUT2D eigenvalue weighted by Crippen LogP contribution is -2.32. The van der Waals surface area contributed by atoms with Crippen LogP contribution >= 0.6 is 23.2 Å². The number of methoxy groups -OCH3 is 1. The second kappa shape index (κ2) is 11.1. The first-order chi connectivity index (χ1) is 15.9. The van der Waals surface area contributed by atoms with Crippen molar-refractivity contribution in [2.45, 2.75) is 0 Å². The van der Waals surface area contributed by atoms with Crippen LogP contribution in [0.1, 0.15) is 15.9 Å². The molecule has 168 valence electrons. The summed E-state index contributed by atoms with van der Waals surface area (Å²) in [5.74, 6) is -1.76. The summed E-state index contributed by atoms with van der Waals surface area (Å²) in [7, 11) is 1.49. The Labute approximate surface area is 199 Å². The lowest BCUT2D eigenvalue weighted by atomic mass is 10.2. The Hall–Kier alpha value is -3.88. The predicted molar refractivity (Wildman–Crippen MR) is 125 cm³/mol. The number of nitrogens with zero attached hydrogens (tertiary/aromatic N) is 1. The number of esters is 1. The molecular weight excluding hydrogens is 469 g/mol. The number of ether oxygens (including phenoxy) is 2. The molecule has 0 saturated carbocycles. The van der Waals surface area contributed by atoms with Crippen LogP contribution in [0.5, 0.6) is 11.5 Å². The third-order valence-electron chi connectivity index (χ3n) is 4.13. The Morgan fingerprint density at radius 1 is 0.909 bits per heavy atom. The number of hydrogen-bond donors (Lipinski definition) is 2. The Balaban J connectivity index is 1.58. The van der Waals surface area contributed by atoms with Gasteiger partial charge in [-0.05, 0) is 48.0 Å². The van der Waals surface area contributed by atoms with Crippen LogP contribution in [0.25, 0.3) is 0 Å². The van der Waals surface area contributed by atoms with Crippen LogP contribution in [-0.2, 0) is 9.59 Å². The second-order valence-corrected chi connectivity index (χ2v) is 7.32. The lowest BCUT2D eigenvalue weighted by molar-refractivity contribution is -0.136. The molecule has 0 spiro atoms. The first kappa shape index (κ1) is 23.8. The average molecular weight is 486 g/mol. The Morgan fingerprint density at radius 3 is 2.42 bits per heavy atom. The first-order valence-corrected chi connectivity index (χ1v) is 10.2. The Morgan fingerprint density at radius 2 is 1.67 bits per heavy atom. The highest BCUT2D eigenvalue weighted by Crippen LogP contribution is 2.23. The normalized spacial score (nSPS) is 10.5. The van der Waals surface area contributed by atoms with Crippen LogP contribution in [0.3, 0.4) is 0 Å². The van der Waals surface area contributed by atoms with Crippen molar-refractivity contribution < 1.29 is 23.9 Å². The monoisotopic (exact) mass is 485 g/mol. The van der Waals surface area contributed by atoms with E-state index in [1.54, 1.807) is 42.5 Å². The van der Waals surface area contributed by atoms with E-state index in [0.717, 1.165) is 0 Å². The smallest absolute Gasteiger partial charge is 0.345 e. The van der Waals surface area contributed by atoms with Gasteiger partial charge >= 0.3 is 17.8 Å². The summed E-state index contributed by atoms with van der Waals surface area (Å²) in [5, 5.41) is 6.76. The Bertz CT molecular complexity index is 1230. The van der Waals surface area contributed by atoms with Crippen molar-refractivity contribution in [3.8, 4) is 11.5 Å². The van der Waals surface area contributed by atoms with Crippen molar-refractivity contribution >= 4 is 52.9 Å². The minimum Gasteiger partial charge on any atom is -0.497 e. The van der Waals surface area contributed by atoms with Crippen LogP contribution in [0.4, 0.5) is 5.69 Å². The molecule has 0 unspecified atom stereocenters. The van der Waals surface area contributed by atoms with Crippen LogP contribution in [0.15, 0.2) is 71.8 Å². The quantitative estimate of drug-likeness (QED) is 0.178. The molecule has 0 heterocycles. The molecule has 0 radical (unpaired) electrons. The lowest BCUT2D eigenvalue weighted by Gasteiger charge is -2.07. The summed E-state index contributed by atoms with van der Waals surface area (Å²) in [6, 6.07) is 17.4. The fourth-order valence-electron chi connectivity index (χ4n) is 2.58. The van der Waals surface area contributed by atoms with Gasteiger partial charge in [0.15, 0.2) is 0 Å². The van der Waals surface area contributed by atoms with E-state index in [1.807, 2.05) is 0 Å². The molecule has 0 aliphatic carbocycles. The molecule has 0 atom stereocenters. The fraction of sp³-hybridized carbons (Fsp3) is 0.0435. The van der Waals surface area contributed by atoms with Gasteiger partial charge in [-0.25, -0.2) is 10.2 Å². The zero-order valence-electron chi connectivity index (χ0n) is 17.2. The van der Waals surface area contributed by atoms with E-state index in [0.29, 0.717) is 22.0 Å². The van der Waals surface area contributed by atoms with Crippen molar-refractivity contribution in [1.29, 1.82) is 0 Å². The molecule has 2 N–H and O–H groups in total. The molecule has 0 aromatic heterocycles. The van der Waals surface area contributed by atoms with E-state index in [-0.39, 0.29) is 16.3 Å². The van der Waals surface area contributed by atoms with E-state index in [4.69, 9.17) is 32.7 Å². The number of anilines is 1. The molecule has 0 aliphatic heterocycles. The molecule has 0 saturated heterocycles. The highest BCUT2D eigenvalue weighted by molar-refractivity contribution is 6.39. The molecule has 3 rings (SSSR count). The van der Waals surface area contributed by atoms with Crippen molar-refractivity contribution in [1.82, 2.24) is 5.43 Å². The maximum absolute atomic E-state index is 12.3. The van der Waals surface area contributed by atoms with E-state index >= 15 is 0 Å². The van der Waals surface area contributed by atoms with Gasteiger partial charge in [-0.15, -0.1) is 0 Å². The van der Waals surface area contributed by atoms with E-state index in [1.165, 1.54) is 37.6 Å². The van der Waals surface area contributed by atoms with E-state index < -0.39 is 17.8 Å². The molecule has 2 amide bonds. The van der Waals surface area contributed by atoms with Crippen LogP contribution in [-0.4, -0.2) is 31.1 Å². The number of hydrazone groups is 1. The third-order valence-corrected chi connectivity index (χ3v) is 4.68. The zero-order valence-corrected chi connectivity index (χ0v) is 18.7. The first-order valence-electron chi connectivity index (χ1n) is 9.41. The van der Waals surface area contributed by atoms with Crippen molar-refractivity contribution in [3.63, 3.8) is 0 Å². The maximum Gasteiger partial charge on any atom is 0.345 e. The average Bonchev–Trinajstić information content (AvgIpc) is 2.79. The van der Waals surface area contributed by atoms with Gasteiger partial charge in [0.2, 0.25) is 0 Å². The molecular formula is C23H17Cl2N3O5. The molecule has 3 aromatic carbocycles. The summed E-state index contributed by atoms with van der Waals surface area (Å²) >= 11 is 11.9. The summed E-state index contributed by atoms with van der Waals surface area (Å²) in [5.41, 5.74) is 3.20. The third kappa shape index (κ3) is 6.80. The topological polar surface area (TPSA) is 106 Å². The largest absolute Gasteiger partial charge is 0.497 e. The number of carbonyl (C=O) groups is 3. The van der Waals surface area contributed by atoms with Gasteiger partial charge < -0.3 is 14.8 Å². The van der Waals surface area contributed by atoms with Gasteiger partial charge in [0, 0.05) is 16.8 Å². The summed E-state index contributed by atoms with van der Waals surface area (Å²) in [6.45, 7) is 0. The standard InChI is InChI=1S/C23H17Cl2N3O5/c1-32-17-6-3-5-16(12-17)27-21(29)22(30)28-26-13-14-4-2-7-18(10-14)33-23(31)19-9-8-15(24)11-20(19)25/h2-13H,1H3,(H,27,29)(H,28,30). The number of rotatable bonds is 6. The van der Waals surface area contributed by atoms with Gasteiger partial charge in [0.05, 0.1) is 23.9 Å². The van der Waals surface area contributed by atoms with Gasteiger partial charge in [-0.1, -0.05) is 41.4 Å². The van der Waals surface area contributed by atoms with Crippen LogP contribution < -0.4 is 20.2 Å². The SMILES string of the molecule is COc1cccc(NC(=O)C(=O)NN=Cc2cccc(OC(=O)c3ccc(Cl)cc3Cl)c2)c1.